The third kappa shape index (κ3) is 5.40. The molecule has 2 aromatic carbocycles. The zero-order chi connectivity index (χ0) is 17.4. The van der Waals surface area contributed by atoms with E-state index in [2.05, 4.69) is 16.0 Å². The molecule has 0 bridgehead atoms. The molecule has 0 fully saturated rings. The second-order valence-corrected chi connectivity index (χ2v) is 5.20. The summed E-state index contributed by atoms with van der Waals surface area (Å²) < 4.78 is 5.69. The molecular weight excluding hydrogens is 306 g/mol. The van der Waals surface area contributed by atoms with E-state index in [0.29, 0.717) is 11.4 Å². The zero-order valence-electron chi connectivity index (χ0n) is 13.7. The second-order valence-electron chi connectivity index (χ2n) is 5.20. The van der Waals surface area contributed by atoms with Crippen LogP contribution in [0.1, 0.15) is 6.92 Å². The third-order valence-electron chi connectivity index (χ3n) is 3.34. The number of para-hydroxylation sites is 1. The molecule has 24 heavy (non-hydrogen) atoms. The minimum atomic E-state index is -0.484. The third-order valence-corrected chi connectivity index (χ3v) is 3.34. The summed E-state index contributed by atoms with van der Waals surface area (Å²) in [5.41, 5.74) is 0.661. The highest BCUT2D eigenvalue weighted by atomic mass is 16.5. The van der Waals surface area contributed by atoms with Crippen LogP contribution in [0.15, 0.2) is 54.6 Å². The number of nitrogens with one attached hydrogen (secondary N) is 3. The summed E-state index contributed by atoms with van der Waals surface area (Å²) in [5, 5.41) is 8.12. The zero-order valence-corrected chi connectivity index (χ0v) is 13.7. The molecule has 3 N–H and O–H groups in total. The van der Waals surface area contributed by atoms with Gasteiger partial charge in [-0.25, -0.2) is 0 Å². The minimum Gasteiger partial charge on any atom is -0.457 e. The van der Waals surface area contributed by atoms with Gasteiger partial charge in [0.2, 0.25) is 11.8 Å². The van der Waals surface area contributed by atoms with E-state index in [1.807, 2.05) is 30.3 Å². The van der Waals surface area contributed by atoms with Crippen molar-refractivity contribution in [2.75, 3.05) is 18.9 Å². The van der Waals surface area contributed by atoms with Crippen molar-refractivity contribution in [3.63, 3.8) is 0 Å². The summed E-state index contributed by atoms with van der Waals surface area (Å²) in [4.78, 5) is 23.2. The van der Waals surface area contributed by atoms with Gasteiger partial charge >= 0.3 is 0 Å². The van der Waals surface area contributed by atoms with Gasteiger partial charge in [-0.1, -0.05) is 18.2 Å². The molecule has 2 rings (SSSR count). The Hall–Kier alpha value is -2.86. The summed E-state index contributed by atoms with van der Waals surface area (Å²) in [5.74, 6) is 1.05. The first-order valence-electron chi connectivity index (χ1n) is 7.66. The minimum absolute atomic E-state index is 0.0922. The van der Waals surface area contributed by atoms with Gasteiger partial charge in [0, 0.05) is 12.7 Å². The number of rotatable bonds is 7. The average molecular weight is 327 g/mol. The van der Waals surface area contributed by atoms with Gasteiger partial charge in [0.1, 0.15) is 11.5 Å². The van der Waals surface area contributed by atoms with Gasteiger partial charge in [-0.3, -0.25) is 14.9 Å². The normalized spacial score (nSPS) is 11.4. The fraction of sp³-hybridized carbons (Fsp3) is 0.222. The lowest BCUT2D eigenvalue weighted by Crippen LogP contribution is -2.42. The van der Waals surface area contributed by atoms with Crippen molar-refractivity contribution in [2.45, 2.75) is 13.0 Å². The molecule has 2 aromatic rings. The van der Waals surface area contributed by atoms with Crippen molar-refractivity contribution in [1.82, 2.24) is 10.6 Å². The largest absolute Gasteiger partial charge is 0.457 e. The highest BCUT2D eigenvalue weighted by Gasteiger charge is 2.13. The summed E-state index contributed by atoms with van der Waals surface area (Å²) in [6, 6.07) is 16.1. The number of ether oxygens (including phenoxy) is 1. The fourth-order valence-corrected chi connectivity index (χ4v) is 1.91. The van der Waals surface area contributed by atoms with Crippen molar-refractivity contribution in [3.8, 4) is 11.5 Å². The molecule has 0 aliphatic rings. The van der Waals surface area contributed by atoms with Crippen molar-refractivity contribution < 1.29 is 14.3 Å². The highest BCUT2D eigenvalue weighted by molar-refractivity contribution is 5.95. The average Bonchev–Trinajstić information content (AvgIpc) is 2.61. The van der Waals surface area contributed by atoms with E-state index in [1.165, 1.54) is 0 Å². The molecule has 6 heteroatoms. The van der Waals surface area contributed by atoms with Gasteiger partial charge in [0.15, 0.2) is 0 Å². The van der Waals surface area contributed by atoms with Crippen LogP contribution in [-0.4, -0.2) is 31.4 Å². The van der Waals surface area contributed by atoms with Crippen LogP contribution in [0, 0.1) is 0 Å². The van der Waals surface area contributed by atoms with E-state index in [9.17, 15) is 9.59 Å². The molecule has 0 unspecified atom stereocenters. The topological polar surface area (TPSA) is 79.5 Å². The molecule has 0 saturated heterocycles. The van der Waals surface area contributed by atoms with E-state index >= 15 is 0 Å². The number of benzene rings is 2. The van der Waals surface area contributed by atoms with Gasteiger partial charge in [0.05, 0.1) is 12.6 Å². The van der Waals surface area contributed by atoms with E-state index in [1.54, 1.807) is 38.2 Å². The molecule has 0 spiro atoms. The van der Waals surface area contributed by atoms with Gasteiger partial charge in [-0.2, -0.15) is 0 Å². The molecule has 126 valence electrons. The van der Waals surface area contributed by atoms with Crippen molar-refractivity contribution in [3.05, 3.63) is 54.6 Å². The Balaban J connectivity index is 1.86. The summed E-state index contributed by atoms with van der Waals surface area (Å²) in [7, 11) is 1.55. The van der Waals surface area contributed by atoms with Gasteiger partial charge in [-0.15, -0.1) is 0 Å². The highest BCUT2D eigenvalue weighted by Crippen LogP contribution is 2.22. The Morgan fingerprint density at radius 1 is 1.00 bits per heavy atom. The van der Waals surface area contributed by atoms with E-state index < -0.39 is 6.04 Å². The predicted octanol–water partition coefficient (Wildman–Crippen LogP) is 2.14. The molecule has 0 aliphatic heterocycles. The predicted molar refractivity (Wildman–Crippen MR) is 93.1 cm³/mol. The maximum atomic E-state index is 12.1. The van der Waals surface area contributed by atoms with Crippen LogP contribution in [0.5, 0.6) is 11.5 Å². The molecule has 0 aliphatic carbocycles. The molecule has 0 heterocycles. The van der Waals surface area contributed by atoms with Crippen LogP contribution < -0.4 is 20.7 Å². The first-order chi connectivity index (χ1) is 11.6. The van der Waals surface area contributed by atoms with Gasteiger partial charge in [-0.05, 0) is 43.3 Å². The van der Waals surface area contributed by atoms with E-state index in [4.69, 9.17) is 4.74 Å². The Bertz CT molecular complexity index is 672. The Morgan fingerprint density at radius 2 is 1.62 bits per heavy atom. The van der Waals surface area contributed by atoms with Crippen LogP contribution in [0.4, 0.5) is 5.69 Å². The van der Waals surface area contributed by atoms with Crippen molar-refractivity contribution >= 4 is 17.5 Å². The number of carbonyl (C=O) groups excluding carboxylic acids is 2. The number of amides is 2. The summed E-state index contributed by atoms with van der Waals surface area (Å²) in [6.45, 7) is 1.79. The molecule has 0 radical (unpaired) electrons. The molecular formula is C18H21N3O3. The van der Waals surface area contributed by atoms with Crippen LogP contribution in [0.3, 0.4) is 0 Å². The van der Waals surface area contributed by atoms with Crippen LogP contribution in [0.2, 0.25) is 0 Å². The molecule has 0 saturated carbocycles. The number of hydrogen-bond donors (Lipinski definition) is 3. The molecule has 1 atom stereocenters. The van der Waals surface area contributed by atoms with Gasteiger partial charge < -0.3 is 15.4 Å². The standard InChI is InChI=1S/C18H21N3O3/c1-13(20-12-17(22)19-2)18(23)21-14-8-10-16(11-9-14)24-15-6-4-3-5-7-15/h3-11,13,20H,12H2,1-2H3,(H,19,22)(H,21,23)/t13-/m0/s1. The SMILES string of the molecule is CNC(=O)CN[C@@H](C)C(=O)Nc1ccc(Oc2ccccc2)cc1. The Labute approximate surface area is 141 Å². The smallest absolute Gasteiger partial charge is 0.241 e. The molecule has 0 aromatic heterocycles. The maximum absolute atomic E-state index is 12.1. The van der Waals surface area contributed by atoms with Gasteiger partial charge in [0.25, 0.3) is 0 Å². The Kier molecular flexibility index (Phi) is 6.33. The van der Waals surface area contributed by atoms with Crippen LogP contribution in [0.25, 0.3) is 0 Å². The second kappa shape index (κ2) is 8.69. The number of carbonyl (C=O) groups is 2. The quantitative estimate of drug-likeness (QED) is 0.728. The first kappa shape index (κ1) is 17.5. The number of likely N-dealkylation sites (N-methyl/N-ethyl adjacent to an activating group) is 1. The van der Waals surface area contributed by atoms with Crippen LogP contribution in [-0.2, 0) is 9.59 Å². The van der Waals surface area contributed by atoms with Crippen molar-refractivity contribution in [2.24, 2.45) is 0 Å². The molecule has 2 amide bonds. The summed E-state index contributed by atoms with van der Waals surface area (Å²) in [6.07, 6.45) is 0. The van der Waals surface area contributed by atoms with Crippen LogP contribution >= 0.6 is 0 Å². The lowest BCUT2D eigenvalue weighted by molar-refractivity contribution is -0.120. The fourth-order valence-electron chi connectivity index (χ4n) is 1.91. The molecule has 6 nitrogen and oxygen atoms in total. The lowest BCUT2D eigenvalue weighted by Gasteiger charge is -2.14. The number of hydrogen-bond acceptors (Lipinski definition) is 4. The lowest BCUT2D eigenvalue weighted by atomic mass is 10.2. The summed E-state index contributed by atoms with van der Waals surface area (Å²) >= 11 is 0. The number of anilines is 1. The Morgan fingerprint density at radius 3 is 2.25 bits per heavy atom. The maximum Gasteiger partial charge on any atom is 0.241 e. The van der Waals surface area contributed by atoms with Crippen molar-refractivity contribution in [1.29, 1.82) is 0 Å². The van der Waals surface area contributed by atoms with E-state index in [0.717, 1.165) is 5.75 Å². The first-order valence-corrected chi connectivity index (χ1v) is 7.66. The van der Waals surface area contributed by atoms with E-state index in [-0.39, 0.29) is 18.4 Å². The monoisotopic (exact) mass is 327 g/mol.